The third-order valence-electron chi connectivity index (χ3n) is 3.25. The third-order valence-corrected chi connectivity index (χ3v) is 4.17. The first-order valence-corrected chi connectivity index (χ1v) is 10.5. The minimum Gasteiger partial charge on any atom is -0.484 e. The number of aliphatic imine (C=N–C) groups is 1. The van der Waals surface area contributed by atoms with E-state index in [1.54, 1.807) is 26.0 Å². The Kier molecular flexibility index (Phi) is 8.55. The lowest BCUT2D eigenvalue weighted by atomic mass is 10.1. The smallest absolute Gasteiger partial charge is 0.422 e. The lowest BCUT2D eigenvalue weighted by molar-refractivity contribution is -0.153. The Morgan fingerprint density at radius 2 is 1.75 bits per heavy atom. The molecule has 160 valence electrons. The Morgan fingerprint density at radius 3 is 2.25 bits per heavy atom. The van der Waals surface area contributed by atoms with Crippen molar-refractivity contribution in [2.24, 2.45) is 4.99 Å². The van der Waals surface area contributed by atoms with Gasteiger partial charge >= 0.3 is 6.18 Å². The van der Waals surface area contributed by atoms with Crippen molar-refractivity contribution in [3.63, 3.8) is 0 Å². The van der Waals surface area contributed by atoms with Crippen LogP contribution in [-0.2, 0) is 16.6 Å². The molecular formula is C17H27F3N4O3S. The zero-order valence-corrected chi connectivity index (χ0v) is 17.2. The van der Waals surface area contributed by atoms with Gasteiger partial charge in [0.05, 0.1) is 12.8 Å². The highest BCUT2D eigenvalue weighted by Crippen LogP contribution is 2.19. The molecule has 0 aliphatic heterocycles. The van der Waals surface area contributed by atoms with Gasteiger partial charge in [0, 0.05) is 18.6 Å². The number of hydrogen-bond acceptors (Lipinski definition) is 4. The van der Waals surface area contributed by atoms with Gasteiger partial charge in [-0.05, 0) is 38.5 Å². The summed E-state index contributed by atoms with van der Waals surface area (Å²) in [4.78, 5) is 4.39. The molecule has 0 unspecified atom stereocenters. The van der Waals surface area contributed by atoms with Crippen molar-refractivity contribution >= 4 is 16.0 Å². The quantitative estimate of drug-likeness (QED) is 0.417. The number of sulfonamides is 1. The molecule has 0 aromatic heterocycles. The first-order chi connectivity index (χ1) is 12.8. The molecule has 0 aliphatic rings. The summed E-state index contributed by atoms with van der Waals surface area (Å²) in [5.41, 5.74) is 0.0615. The number of rotatable bonds is 9. The SMILES string of the molecule is CCNC(=NCc1ccc(OCC(F)(F)F)cc1)NCC(C)(C)NS(C)(=O)=O. The molecule has 0 fully saturated rings. The van der Waals surface area contributed by atoms with Crippen LogP contribution in [0.15, 0.2) is 29.3 Å². The van der Waals surface area contributed by atoms with E-state index in [2.05, 4.69) is 25.1 Å². The second kappa shape index (κ2) is 9.97. The lowest BCUT2D eigenvalue weighted by Crippen LogP contribution is -2.53. The number of nitrogens with one attached hydrogen (secondary N) is 3. The predicted octanol–water partition coefficient (Wildman–Crippen LogP) is 2.01. The molecule has 0 aliphatic carbocycles. The average Bonchev–Trinajstić information content (AvgIpc) is 2.53. The number of halogens is 3. The van der Waals surface area contributed by atoms with Gasteiger partial charge in [-0.25, -0.2) is 18.1 Å². The third kappa shape index (κ3) is 11.0. The summed E-state index contributed by atoms with van der Waals surface area (Å²) >= 11 is 0. The molecule has 28 heavy (non-hydrogen) atoms. The first-order valence-electron chi connectivity index (χ1n) is 8.59. The Hall–Kier alpha value is -2.01. The highest BCUT2D eigenvalue weighted by molar-refractivity contribution is 7.88. The number of guanidine groups is 1. The molecule has 1 aromatic rings. The zero-order valence-electron chi connectivity index (χ0n) is 16.4. The van der Waals surface area contributed by atoms with Crippen molar-refractivity contribution < 1.29 is 26.3 Å². The molecule has 11 heteroatoms. The number of hydrogen-bond donors (Lipinski definition) is 3. The highest BCUT2D eigenvalue weighted by Gasteiger charge is 2.28. The topological polar surface area (TPSA) is 91.8 Å². The van der Waals surface area contributed by atoms with Gasteiger partial charge in [-0.3, -0.25) is 0 Å². The molecule has 0 atom stereocenters. The van der Waals surface area contributed by atoms with E-state index in [1.807, 2.05) is 6.92 Å². The fraction of sp³-hybridized carbons (Fsp3) is 0.588. The minimum atomic E-state index is -4.38. The Balaban J connectivity index is 2.66. The highest BCUT2D eigenvalue weighted by atomic mass is 32.2. The zero-order chi connectivity index (χ0) is 21.4. The molecule has 0 saturated heterocycles. The average molecular weight is 424 g/mol. The fourth-order valence-corrected chi connectivity index (χ4v) is 3.29. The van der Waals surface area contributed by atoms with E-state index in [0.717, 1.165) is 11.8 Å². The molecule has 1 rings (SSSR count). The summed E-state index contributed by atoms with van der Waals surface area (Å²) in [7, 11) is -3.35. The largest absolute Gasteiger partial charge is 0.484 e. The van der Waals surface area contributed by atoms with Crippen LogP contribution in [0.5, 0.6) is 5.75 Å². The summed E-state index contributed by atoms with van der Waals surface area (Å²) in [6, 6.07) is 6.17. The molecule has 0 spiro atoms. The molecule has 0 bridgehead atoms. The van der Waals surface area contributed by atoms with Crippen LogP contribution in [0, 0.1) is 0 Å². The summed E-state index contributed by atoms with van der Waals surface area (Å²) in [6.07, 6.45) is -3.29. The van der Waals surface area contributed by atoms with Crippen molar-refractivity contribution in [1.82, 2.24) is 15.4 Å². The summed E-state index contributed by atoms with van der Waals surface area (Å²) in [5, 5.41) is 6.11. The van der Waals surface area contributed by atoms with Gasteiger partial charge in [0.25, 0.3) is 0 Å². The van der Waals surface area contributed by atoms with E-state index >= 15 is 0 Å². The molecule has 3 N–H and O–H groups in total. The normalized spacial score (nSPS) is 13.3. The predicted molar refractivity (Wildman–Crippen MR) is 103 cm³/mol. The van der Waals surface area contributed by atoms with Crippen LogP contribution in [0.2, 0.25) is 0 Å². The van der Waals surface area contributed by atoms with Gasteiger partial charge in [-0.2, -0.15) is 13.2 Å². The van der Waals surface area contributed by atoms with Crippen molar-refractivity contribution in [1.29, 1.82) is 0 Å². The van der Waals surface area contributed by atoms with E-state index < -0.39 is 28.3 Å². The van der Waals surface area contributed by atoms with Crippen LogP contribution < -0.4 is 20.1 Å². The van der Waals surface area contributed by atoms with Crippen molar-refractivity contribution in [3.05, 3.63) is 29.8 Å². The molecule has 7 nitrogen and oxygen atoms in total. The van der Waals surface area contributed by atoms with Crippen LogP contribution in [0.3, 0.4) is 0 Å². The van der Waals surface area contributed by atoms with Crippen LogP contribution in [0.1, 0.15) is 26.3 Å². The number of ether oxygens (including phenoxy) is 1. The second-order valence-corrected chi connectivity index (χ2v) is 8.60. The van der Waals surface area contributed by atoms with Crippen molar-refractivity contribution in [2.45, 2.75) is 39.0 Å². The van der Waals surface area contributed by atoms with Gasteiger partial charge in [0.2, 0.25) is 10.0 Å². The molecular weight excluding hydrogens is 397 g/mol. The van der Waals surface area contributed by atoms with Crippen LogP contribution in [0.25, 0.3) is 0 Å². The van der Waals surface area contributed by atoms with Crippen molar-refractivity contribution in [2.75, 3.05) is 26.0 Å². The van der Waals surface area contributed by atoms with Gasteiger partial charge in [0.15, 0.2) is 12.6 Å². The molecule has 0 heterocycles. The standard InChI is InChI=1S/C17H27F3N4O3S/c1-5-21-15(23-11-16(2,3)24-28(4,25)26)22-10-13-6-8-14(9-7-13)27-12-17(18,19)20/h6-9,24H,5,10-12H2,1-4H3,(H2,21,22,23). The summed E-state index contributed by atoms with van der Waals surface area (Å²) in [5.74, 6) is 0.618. The molecule has 0 saturated carbocycles. The Labute approximate surface area is 163 Å². The molecule has 0 radical (unpaired) electrons. The lowest BCUT2D eigenvalue weighted by Gasteiger charge is -2.26. The molecule has 1 aromatic carbocycles. The van der Waals surface area contributed by atoms with E-state index in [-0.39, 0.29) is 12.3 Å². The number of nitrogens with zero attached hydrogens (tertiary/aromatic N) is 1. The fourth-order valence-electron chi connectivity index (χ4n) is 2.21. The van der Waals surface area contributed by atoms with Crippen LogP contribution in [0.4, 0.5) is 13.2 Å². The van der Waals surface area contributed by atoms with Gasteiger partial charge in [-0.1, -0.05) is 12.1 Å². The Bertz CT molecular complexity index is 748. The summed E-state index contributed by atoms with van der Waals surface area (Å²) in [6.45, 7) is 5.23. The van der Waals surface area contributed by atoms with E-state index in [9.17, 15) is 21.6 Å². The van der Waals surface area contributed by atoms with Gasteiger partial charge in [0.1, 0.15) is 5.75 Å². The maximum atomic E-state index is 12.2. The van der Waals surface area contributed by atoms with Gasteiger partial charge < -0.3 is 15.4 Å². The maximum absolute atomic E-state index is 12.2. The number of benzene rings is 1. The van der Waals surface area contributed by atoms with Gasteiger partial charge in [-0.15, -0.1) is 0 Å². The Morgan fingerprint density at radius 1 is 1.14 bits per heavy atom. The second-order valence-electron chi connectivity index (χ2n) is 6.85. The molecule has 0 amide bonds. The first kappa shape index (κ1) is 24.0. The maximum Gasteiger partial charge on any atom is 0.422 e. The summed E-state index contributed by atoms with van der Waals surface area (Å²) < 4.78 is 66.5. The van der Waals surface area contributed by atoms with E-state index in [1.165, 1.54) is 12.1 Å². The number of alkyl halides is 3. The van der Waals surface area contributed by atoms with Crippen LogP contribution in [-0.4, -0.2) is 52.0 Å². The van der Waals surface area contributed by atoms with Crippen molar-refractivity contribution in [3.8, 4) is 5.75 Å². The minimum absolute atomic E-state index is 0.128. The van der Waals surface area contributed by atoms with E-state index in [4.69, 9.17) is 0 Å². The van der Waals surface area contributed by atoms with Crippen LogP contribution >= 0.6 is 0 Å². The van der Waals surface area contributed by atoms with E-state index in [0.29, 0.717) is 19.0 Å². The monoisotopic (exact) mass is 424 g/mol.